The van der Waals surface area contributed by atoms with Gasteiger partial charge in [-0.2, -0.15) is 0 Å². The minimum absolute atomic E-state index is 0.718. The number of anilines is 1. The smallest absolute Gasteiger partial charge is 0.187 e. The van der Waals surface area contributed by atoms with E-state index in [0.29, 0.717) is 0 Å². The molecule has 2 aliphatic rings. The Morgan fingerprint density at radius 1 is 1.12 bits per heavy atom. The van der Waals surface area contributed by atoms with Crippen LogP contribution in [0.15, 0.2) is 39.8 Å². The predicted octanol–water partition coefficient (Wildman–Crippen LogP) is 5.71. The van der Waals surface area contributed by atoms with Gasteiger partial charge in [0.2, 0.25) is 0 Å². The van der Waals surface area contributed by atoms with Gasteiger partial charge in [-0.05, 0) is 97.3 Å². The Kier molecular flexibility index (Phi) is 4.04. The summed E-state index contributed by atoms with van der Waals surface area (Å²) in [6.07, 6.45) is 7.44. The number of nitrogens with one attached hydrogen (secondary N) is 1. The summed E-state index contributed by atoms with van der Waals surface area (Å²) in [5.74, 6) is 2.43. The van der Waals surface area contributed by atoms with Crippen molar-refractivity contribution in [3.05, 3.63) is 47.0 Å². The minimum atomic E-state index is 0.718. The van der Waals surface area contributed by atoms with Gasteiger partial charge in [-0.3, -0.25) is 0 Å². The van der Waals surface area contributed by atoms with Crippen LogP contribution >= 0.6 is 11.9 Å². The third-order valence-electron chi connectivity index (χ3n) is 5.43. The van der Waals surface area contributed by atoms with E-state index in [4.69, 9.17) is 9.26 Å². The molecule has 0 radical (unpaired) electrons. The van der Waals surface area contributed by atoms with E-state index in [1.165, 1.54) is 42.4 Å². The van der Waals surface area contributed by atoms with Gasteiger partial charge >= 0.3 is 0 Å². The van der Waals surface area contributed by atoms with Gasteiger partial charge < -0.3 is 14.0 Å². The van der Waals surface area contributed by atoms with Crippen molar-refractivity contribution in [2.24, 2.45) is 0 Å². The molecule has 0 atom stereocenters. The Labute approximate surface area is 157 Å². The Balaban J connectivity index is 1.42. The number of fused-ring (bicyclic) bond motifs is 2. The van der Waals surface area contributed by atoms with E-state index in [9.17, 15) is 0 Å². The highest BCUT2D eigenvalue weighted by atomic mass is 32.2. The lowest BCUT2D eigenvalue weighted by atomic mass is 9.92. The zero-order valence-electron chi connectivity index (χ0n) is 14.9. The van der Waals surface area contributed by atoms with Crippen molar-refractivity contribution in [2.45, 2.75) is 49.3 Å². The highest BCUT2D eigenvalue weighted by Crippen LogP contribution is 2.42. The van der Waals surface area contributed by atoms with Gasteiger partial charge in [0, 0.05) is 0 Å². The molecule has 134 valence electrons. The molecule has 0 spiro atoms. The first kappa shape index (κ1) is 16.1. The molecule has 1 N–H and O–H groups in total. The van der Waals surface area contributed by atoms with Gasteiger partial charge in [0.15, 0.2) is 11.4 Å². The van der Waals surface area contributed by atoms with Gasteiger partial charge in [-0.1, -0.05) is 11.2 Å². The maximum absolute atomic E-state index is 5.62. The normalized spacial score (nSPS) is 16.5. The number of aromatic nitrogens is 1. The summed E-state index contributed by atoms with van der Waals surface area (Å²) in [6.45, 7) is 0. The highest BCUT2D eigenvalue weighted by Gasteiger charge is 2.24. The summed E-state index contributed by atoms with van der Waals surface area (Å²) < 4.78 is 14.5. The first-order valence-electron chi connectivity index (χ1n) is 9.34. The van der Waals surface area contributed by atoms with E-state index in [0.717, 1.165) is 46.2 Å². The first-order chi connectivity index (χ1) is 12.8. The average molecular weight is 366 g/mol. The van der Waals surface area contributed by atoms with E-state index < -0.39 is 0 Å². The van der Waals surface area contributed by atoms with Crippen LogP contribution in [0.5, 0.6) is 5.75 Å². The third kappa shape index (κ3) is 2.94. The second kappa shape index (κ2) is 6.54. The lowest BCUT2D eigenvalue weighted by molar-refractivity contribution is 0.403. The molecule has 0 bridgehead atoms. The molecule has 0 aliphatic heterocycles. The summed E-state index contributed by atoms with van der Waals surface area (Å²) in [5, 5.41) is 5.28. The molecular weight excluding hydrogens is 344 g/mol. The fourth-order valence-corrected chi connectivity index (χ4v) is 4.58. The van der Waals surface area contributed by atoms with Crippen LogP contribution in [0.3, 0.4) is 0 Å². The molecule has 26 heavy (non-hydrogen) atoms. The second-order valence-electron chi connectivity index (χ2n) is 7.24. The molecule has 2 aliphatic carbocycles. The lowest BCUT2D eigenvalue weighted by Gasteiger charge is -2.19. The molecule has 0 amide bonds. The zero-order valence-corrected chi connectivity index (χ0v) is 15.7. The molecule has 3 aromatic rings. The van der Waals surface area contributed by atoms with E-state index in [-0.39, 0.29) is 0 Å². The monoisotopic (exact) mass is 366 g/mol. The molecule has 1 fully saturated rings. The third-order valence-corrected chi connectivity index (χ3v) is 6.26. The van der Waals surface area contributed by atoms with Gasteiger partial charge in [0.25, 0.3) is 0 Å². The van der Waals surface area contributed by atoms with Gasteiger partial charge in [-0.25, -0.2) is 0 Å². The number of aryl methyl sites for hydroxylation is 2. The molecule has 2 aromatic carbocycles. The maximum atomic E-state index is 5.62. The number of rotatable bonds is 5. The van der Waals surface area contributed by atoms with Crippen LogP contribution in [0.1, 0.15) is 48.3 Å². The molecule has 5 rings (SSSR count). The van der Waals surface area contributed by atoms with Crippen LogP contribution in [0.25, 0.3) is 11.0 Å². The van der Waals surface area contributed by atoms with Crippen molar-refractivity contribution in [1.29, 1.82) is 0 Å². The molecule has 1 aromatic heterocycles. The largest absolute Gasteiger partial charge is 0.496 e. The predicted molar refractivity (Wildman–Crippen MR) is 105 cm³/mol. The number of hydrogen-bond donors (Lipinski definition) is 1. The van der Waals surface area contributed by atoms with E-state index in [1.54, 1.807) is 19.1 Å². The Bertz CT molecular complexity index is 962. The number of nitrogens with zero attached hydrogens (tertiary/aromatic N) is 1. The topological polar surface area (TPSA) is 47.3 Å². The Morgan fingerprint density at radius 3 is 2.69 bits per heavy atom. The number of ether oxygens (including phenoxy) is 1. The fourth-order valence-electron chi connectivity index (χ4n) is 3.78. The Morgan fingerprint density at radius 2 is 1.92 bits per heavy atom. The molecule has 0 saturated heterocycles. The van der Waals surface area contributed by atoms with Crippen LogP contribution in [-0.2, 0) is 12.8 Å². The molecule has 5 heteroatoms. The average Bonchev–Trinajstić information content (AvgIpc) is 3.46. The lowest BCUT2D eigenvalue weighted by Crippen LogP contribution is -2.04. The fraction of sp³-hybridized carbons (Fsp3) is 0.381. The quantitative estimate of drug-likeness (QED) is 0.586. The van der Waals surface area contributed by atoms with Crippen LogP contribution < -0.4 is 9.46 Å². The molecular formula is C21H22N2O2S. The number of methoxy groups -OCH3 is 1. The minimum Gasteiger partial charge on any atom is -0.496 e. The second-order valence-corrected chi connectivity index (χ2v) is 8.09. The van der Waals surface area contributed by atoms with Gasteiger partial charge in [0.1, 0.15) is 5.75 Å². The van der Waals surface area contributed by atoms with Crippen LogP contribution in [0.4, 0.5) is 5.82 Å². The zero-order chi connectivity index (χ0) is 17.5. The van der Waals surface area contributed by atoms with Crippen LogP contribution in [0, 0.1) is 0 Å². The van der Waals surface area contributed by atoms with Crippen molar-refractivity contribution in [3.8, 4) is 5.75 Å². The molecule has 0 unspecified atom stereocenters. The van der Waals surface area contributed by atoms with Crippen molar-refractivity contribution in [3.63, 3.8) is 0 Å². The summed E-state index contributed by atoms with van der Waals surface area (Å²) in [7, 11) is 1.74. The van der Waals surface area contributed by atoms with Crippen molar-refractivity contribution in [1.82, 2.24) is 5.16 Å². The number of hydrogen-bond acceptors (Lipinski definition) is 5. The highest BCUT2D eigenvalue weighted by molar-refractivity contribution is 8.00. The van der Waals surface area contributed by atoms with Gasteiger partial charge in [0.05, 0.1) is 17.4 Å². The van der Waals surface area contributed by atoms with Crippen molar-refractivity contribution < 1.29 is 9.26 Å². The SMILES string of the molecule is COc1cc2c(cc1SNc1noc3ccc(C4CC4)cc13)CCCC2. The van der Waals surface area contributed by atoms with Gasteiger partial charge in [-0.15, -0.1) is 0 Å². The first-order valence-corrected chi connectivity index (χ1v) is 10.2. The molecule has 1 saturated carbocycles. The number of benzene rings is 2. The van der Waals surface area contributed by atoms with E-state index >= 15 is 0 Å². The van der Waals surface area contributed by atoms with E-state index in [2.05, 4.69) is 34.1 Å². The summed E-state index contributed by atoms with van der Waals surface area (Å²) in [5.41, 5.74) is 5.09. The Hall–Kier alpha value is -2.14. The summed E-state index contributed by atoms with van der Waals surface area (Å²) >= 11 is 1.55. The summed E-state index contributed by atoms with van der Waals surface area (Å²) in [6, 6.07) is 10.9. The molecule has 4 nitrogen and oxygen atoms in total. The van der Waals surface area contributed by atoms with E-state index in [1.807, 2.05) is 6.07 Å². The maximum Gasteiger partial charge on any atom is 0.187 e. The summed E-state index contributed by atoms with van der Waals surface area (Å²) in [4.78, 5) is 1.10. The van der Waals surface area contributed by atoms with Crippen LogP contribution in [-0.4, -0.2) is 12.3 Å². The van der Waals surface area contributed by atoms with Crippen molar-refractivity contribution in [2.75, 3.05) is 11.8 Å². The molecule has 1 heterocycles. The van der Waals surface area contributed by atoms with Crippen LogP contribution in [0.2, 0.25) is 0 Å². The standard InChI is InChI=1S/C21H22N2O2S/c1-24-19-11-14-4-2-3-5-15(14)12-20(19)26-23-21-17-10-16(13-6-7-13)8-9-18(17)25-22-21/h8-13H,2-7H2,1H3,(H,22,23). The van der Waals surface area contributed by atoms with Crippen molar-refractivity contribution >= 4 is 28.7 Å².